The Balaban J connectivity index is 1.87. The van der Waals surface area contributed by atoms with Crippen LogP contribution in [0.3, 0.4) is 0 Å². The van der Waals surface area contributed by atoms with Crippen molar-refractivity contribution in [2.75, 3.05) is 18.4 Å². The summed E-state index contributed by atoms with van der Waals surface area (Å²) < 4.78 is 0. The molecule has 1 aromatic carbocycles. The van der Waals surface area contributed by atoms with Crippen LogP contribution in [0, 0.1) is 6.92 Å². The Labute approximate surface area is 120 Å². The molecular weight excluding hydrogens is 252 g/mol. The molecule has 1 unspecified atom stereocenters. The molecule has 4 heteroatoms. The Morgan fingerprint density at radius 2 is 2.00 bits per heavy atom. The van der Waals surface area contributed by atoms with Gasteiger partial charge in [0.1, 0.15) is 5.78 Å². The fourth-order valence-electron chi connectivity index (χ4n) is 2.69. The Morgan fingerprint density at radius 3 is 2.65 bits per heavy atom. The van der Waals surface area contributed by atoms with Gasteiger partial charge in [-0.15, -0.1) is 0 Å². The molecule has 1 atom stereocenters. The van der Waals surface area contributed by atoms with Crippen LogP contribution in [0.15, 0.2) is 24.3 Å². The number of amides is 1. The van der Waals surface area contributed by atoms with E-state index >= 15 is 0 Å². The molecule has 1 amide bonds. The SMILES string of the molecule is CC(=O)CC1CCCN1CC(=O)Nc1ccc(C)cc1. The highest BCUT2D eigenvalue weighted by Gasteiger charge is 2.26. The second kappa shape index (κ2) is 6.66. The predicted octanol–water partition coefficient (Wildman–Crippen LogP) is 2.38. The molecule has 1 fully saturated rings. The zero-order valence-corrected chi connectivity index (χ0v) is 12.2. The molecule has 0 radical (unpaired) electrons. The first-order valence-electron chi connectivity index (χ1n) is 7.14. The number of likely N-dealkylation sites (tertiary alicyclic amines) is 1. The van der Waals surface area contributed by atoms with Gasteiger partial charge in [0.05, 0.1) is 6.54 Å². The van der Waals surface area contributed by atoms with Crippen LogP contribution in [-0.4, -0.2) is 35.7 Å². The van der Waals surface area contributed by atoms with E-state index < -0.39 is 0 Å². The van der Waals surface area contributed by atoms with E-state index in [2.05, 4.69) is 10.2 Å². The number of hydrogen-bond donors (Lipinski definition) is 1. The molecule has 1 N–H and O–H groups in total. The van der Waals surface area contributed by atoms with Crippen molar-refractivity contribution in [3.8, 4) is 0 Å². The summed E-state index contributed by atoms with van der Waals surface area (Å²) in [6.45, 7) is 4.90. The maximum atomic E-state index is 12.0. The van der Waals surface area contributed by atoms with Crippen molar-refractivity contribution in [3.05, 3.63) is 29.8 Å². The van der Waals surface area contributed by atoms with Crippen LogP contribution in [0.1, 0.15) is 31.7 Å². The summed E-state index contributed by atoms with van der Waals surface area (Å²) in [7, 11) is 0. The van der Waals surface area contributed by atoms with Gasteiger partial charge in [-0.3, -0.25) is 14.5 Å². The molecule has 20 heavy (non-hydrogen) atoms. The third-order valence-electron chi connectivity index (χ3n) is 3.70. The number of ketones is 1. The van der Waals surface area contributed by atoms with E-state index in [9.17, 15) is 9.59 Å². The van der Waals surface area contributed by atoms with Crippen molar-refractivity contribution in [2.45, 2.75) is 39.2 Å². The quantitative estimate of drug-likeness (QED) is 0.897. The van der Waals surface area contributed by atoms with Gasteiger partial charge in [0, 0.05) is 18.2 Å². The summed E-state index contributed by atoms with van der Waals surface area (Å²) in [4.78, 5) is 25.4. The number of benzene rings is 1. The highest BCUT2D eigenvalue weighted by molar-refractivity contribution is 5.92. The standard InChI is InChI=1S/C16H22N2O2/c1-12-5-7-14(8-6-12)17-16(20)11-18-9-3-4-15(18)10-13(2)19/h5-8,15H,3-4,9-11H2,1-2H3,(H,17,20). The molecule has 4 nitrogen and oxygen atoms in total. The third-order valence-corrected chi connectivity index (χ3v) is 3.70. The van der Waals surface area contributed by atoms with Gasteiger partial charge in [-0.1, -0.05) is 17.7 Å². The molecule has 1 aliphatic rings. The van der Waals surface area contributed by atoms with E-state index in [1.54, 1.807) is 6.92 Å². The number of Topliss-reactive ketones (excluding diaryl/α,β-unsaturated/α-hetero) is 1. The summed E-state index contributed by atoms with van der Waals surface area (Å²) in [5.74, 6) is 0.185. The summed E-state index contributed by atoms with van der Waals surface area (Å²) in [6, 6.07) is 8.00. The van der Waals surface area contributed by atoms with E-state index in [0.717, 1.165) is 25.1 Å². The fourth-order valence-corrected chi connectivity index (χ4v) is 2.69. The van der Waals surface area contributed by atoms with Crippen LogP contribution >= 0.6 is 0 Å². The predicted molar refractivity (Wildman–Crippen MR) is 79.7 cm³/mol. The largest absolute Gasteiger partial charge is 0.325 e. The normalized spacial score (nSPS) is 19.0. The number of hydrogen-bond acceptors (Lipinski definition) is 3. The van der Waals surface area contributed by atoms with Crippen LogP contribution in [0.25, 0.3) is 0 Å². The first-order valence-corrected chi connectivity index (χ1v) is 7.14. The number of nitrogens with one attached hydrogen (secondary N) is 1. The highest BCUT2D eigenvalue weighted by atomic mass is 16.2. The van der Waals surface area contributed by atoms with Gasteiger partial charge in [-0.05, 0) is 45.4 Å². The molecule has 0 spiro atoms. The van der Waals surface area contributed by atoms with Gasteiger partial charge in [-0.25, -0.2) is 0 Å². The van der Waals surface area contributed by atoms with E-state index in [1.165, 1.54) is 5.56 Å². The van der Waals surface area contributed by atoms with Gasteiger partial charge < -0.3 is 5.32 Å². The maximum absolute atomic E-state index is 12.0. The second-order valence-electron chi connectivity index (χ2n) is 5.59. The Kier molecular flexibility index (Phi) is 4.90. The zero-order chi connectivity index (χ0) is 14.5. The number of carbonyl (C=O) groups excluding carboxylic acids is 2. The van der Waals surface area contributed by atoms with E-state index in [1.807, 2.05) is 31.2 Å². The minimum absolute atomic E-state index is 0.00990. The number of aryl methyl sites for hydroxylation is 1. The Bertz CT molecular complexity index is 482. The van der Waals surface area contributed by atoms with Crippen LogP contribution < -0.4 is 5.32 Å². The lowest BCUT2D eigenvalue weighted by Crippen LogP contribution is -2.37. The van der Waals surface area contributed by atoms with Crippen LogP contribution in [0.2, 0.25) is 0 Å². The van der Waals surface area contributed by atoms with Crippen LogP contribution in [0.4, 0.5) is 5.69 Å². The number of carbonyl (C=O) groups is 2. The lowest BCUT2D eigenvalue weighted by molar-refractivity contribution is -0.120. The molecule has 1 aromatic rings. The average Bonchev–Trinajstić information content (AvgIpc) is 2.78. The number of rotatable bonds is 5. The third kappa shape index (κ3) is 4.17. The first kappa shape index (κ1) is 14.7. The lowest BCUT2D eigenvalue weighted by atomic mass is 10.1. The summed E-state index contributed by atoms with van der Waals surface area (Å²) >= 11 is 0. The lowest BCUT2D eigenvalue weighted by Gasteiger charge is -2.22. The molecule has 0 aliphatic carbocycles. The van der Waals surface area contributed by atoms with Gasteiger partial charge >= 0.3 is 0 Å². The van der Waals surface area contributed by atoms with Crippen molar-refractivity contribution in [3.63, 3.8) is 0 Å². The molecule has 0 saturated carbocycles. The van der Waals surface area contributed by atoms with Gasteiger partial charge in [0.15, 0.2) is 0 Å². The van der Waals surface area contributed by atoms with Gasteiger partial charge in [-0.2, -0.15) is 0 Å². The van der Waals surface area contributed by atoms with Crippen molar-refractivity contribution >= 4 is 17.4 Å². The monoisotopic (exact) mass is 274 g/mol. The Hall–Kier alpha value is -1.68. The average molecular weight is 274 g/mol. The Morgan fingerprint density at radius 1 is 1.30 bits per heavy atom. The van der Waals surface area contributed by atoms with Crippen molar-refractivity contribution in [1.82, 2.24) is 4.90 Å². The smallest absolute Gasteiger partial charge is 0.238 e. The molecule has 0 aromatic heterocycles. The number of nitrogens with zero attached hydrogens (tertiary/aromatic N) is 1. The zero-order valence-electron chi connectivity index (χ0n) is 12.2. The van der Waals surface area contributed by atoms with Crippen molar-refractivity contribution in [2.24, 2.45) is 0 Å². The topological polar surface area (TPSA) is 49.4 Å². The fraction of sp³-hybridized carbons (Fsp3) is 0.500. The van der Waals surface area contributed by atoms with Crippen molar-refractivity contribution in [1.29, 1.82) is 0 Å². The first-order chi connectivity index (χ1) is 9.54. The number of anilines is 1. The maximum Gasteiger partial charge on any atom is 0.238 e. The molecule has 1 heterocycles. The van der Waals surface area contributed by atoms with Gasteiger partial charge in [0.2, 0.25) is 5.91 Å². The van der Waals surface area contributed by atoms with Crippen LogP contribution in [-0.2, 0) is 9.59 Å². The highest BCUT2D eigenvalue weighted by Crippen LogP contribution is 2.20. The molecule has 1 saturated heterocycles. The molecular formula is C16H22N2O2. The molecule has 1 aliphatic heterocycles. The van der Waals surface area contributed by atoms with E-state index in [0.29, 0.717) is 13.0 Å². The molecule has 2 rings (SSSR count). The second-order valence-corrected chi connectivity index (χ2v) is 5.59. The van der Waals surface area contributed by atoms with Crippen LogP contribution in [0.5, 0.6) is 0 Å². The van der Waals surface area contributed by atoms with E-state index in [-0.39, 0.29) is 17.7 Å². The van der Waals surface area contributed by atoms with Gasteiger partial charge in [0.25, 0.3) is 0 Å². The van der Waals surface area contributed by atoms with E-state index in [4.69, 9.17) is 0 Å². The summed E-state index contributed by atoms with van der Waals surface area (Å²) in [5.41, 5.74) is 1.99. The van der Waals surface area contributed by atoms with Crippen molar-refractivity contribution < 1.29 is 9.59 Å². The minimum Gasteiger partial charge on any atom is -0.325 e. The summed E-state index contributed by atoms with van der Waals surface area (Å²) in [5, 5.41) is 2.90. The molecule has 0 bridgehead atoms. The molecule has 108 valence electrons. The minimum atomic E-state index is -0.00990. The summed E-state index contributed by atoms with van der Waals surface area (Å²) in [6.07, 6.45) is 2.63.